The average Bonchev–Trinajstić information content (AvgIpc) is 2.20. The van der Waals surface area contributed by atoms with Crippen molar-refractivity contribution in [1.82, 2.24) is 0 Å². The molecular formula is C11H8O3. The van der Waals surface area contributed by atoms with Gasteiger partial charge in [0.15, 0.2) is 6.10 Å². The molecule has 3 nitrogen and oxygen atoms in total. The third kappa shape index (κ3) is 0.822. The maximum absolute atomic E-state index is 11.5. The van der Waals surface area contributed by atoms with Gasteiger partial charge in [-0.2, -0.15) is 0 Å². The molecule has 1 aliphatic heterocycles. The summed E-state index contributed by atoms with van der Waals surface area (Å²) in [4.78, 5) is 11.5. The molecule has 0 radical (unpaired) electrons. The van der Waals surface area contributed by atoms with Crippen molar-refractivity contribution in [3.05, 3.63) is 41.0 Å². The van der Waals surface area contributed by atoms with E-state index < -0.39 is 12.2 Å². The van der Waals surface area contributed by atoms with Crippen molar-refractivity contribution in [3.63, 3.8) is 0 Å². The van der Waals surface area contributed by atoms with E-state index >= 15 is 0 Å². The first-order valence-electron chi connectivity index (χ1n) is 4.47. The molecule has 0 amide bonds. The van der Waals surface area contributed by atoms with Crippen LogP contribution in [-0.2, 0) is 4.74 Å². The van der Waals surface area contributed by atoms with Gasteiger partial charge in [-0.05, 0) is 17.7 Å². The summed E-state index contributed by atoms with van der Waals surface area (Å²) in [5.41, 5.74) is 2.09. The molecule has 2 bridgehead atoms. The van der Waals surface area contributed by atoms with Gasteiger partial charge in [0.05, 0.1) is 5.56 Å². The van der Waals surface area contributed by atoms with Gasteiger partial charge in [-0.25, -0.2) is 4.79 Å². The Morgan fingerprint density at radius 1 is 1.36 bits per heavy atom. The first kappa shape index (κ1) is 7.76. The number of aliphatic hydroxyl groups is 1. The van der Waals surface area contributed by atoms with Gasteiger partial charge >= 0.3 is 5.97 Å². The van der Waals surface area contributed by atoms with E-state index in [-0.39, 0.29) is 5.97 Å². The fourth-order valence-corrected chi connectivity index (χ4v) is 2.00. The van der Waals surface area contributed by atoms with E-state index in [0.717, 1.165) is 5.56 Å². The average molecular weight is 188 g/mol. The number of carbonyl (C=O) groups excluding carboxylic acids is 1. The lowest BCUT2D eigenvalue weighted by molar-refractivity contribution is -0.0109. The van der Waals surface area contributed by atoms with E-state index in [1.807, 2.05) is 12.1 Å². The van der Waals surface area contributed by atoms with Crippen molar-refractivity contribution < 1.29 is 14.6 Å². The van der Waals surface area contributed by atoms with E-state index in [9.17, 15) is 9.90 Å². The minimum atomic E-state index is -0.705. The molecule has 0 unspecified atom stereocenters. The Kier molecular flexibility index (Phi) is 1.36. The van der Waals surface area contributed by atoms with Crippen LogP contribution in [-0.4, -0.2) is 17.2 Å². The molecule has 2 atom stereocenters. The normalized spacial score (nSPS) is 27.4. The number of hydrogen-bond acceptors (Lipinski definition) is 3. The van der Waals surface area contributed by atoms with Crippen LogP contribution in [0.5, 0.6) is 0 Å². The highest BCUT2D eigenvalue weighted by Gasteiger charge is 2.36. The number of hydrogen-bond donors (Lipinski definition) is 1. The number of carbonyl (C=O) groups is 1. The van der Waals surface area contributed by atoms with E-state index in [0.29, 0.717) is 11.1 Å². The molecule has 0 aromatic heterocycles. The monoisotopic (exact) mass is 188 g/mol. The topological polar surface area (TPSA) is 46.5 Å². The number of benzene rings is 1. The zero-order valence-electron chi connectivity index (χ0n) is 7.31. The molecular weight excluding hydrogens is 180 g/mol. The van der Waals surface area contributed by atoms with Crippen LogP contribution in [0, 0.1) is 0 Å². The summed E-state index contributed by atoms with van der Waals surface area (Å²) in [6.07, 6.45) is 2.38. The zero-order chi connectivity index (χ0) is 9.71. The predicted octanol–water partition coefficient (Wildman–Crippen LogP) is 1.29. The van der Waals surface area contributed by atoms with E-state index in [2.05, 4.69) is 0 Å². The van der Waals surface area contributed by atoms with Gasteiger partial charge in [0.2, 0.25) is 0 Å². The Balaban J connectivity index is 2.36. The summed E-state index contributed by atoms with van der Waals surface area (Å²) in [6.45, 7) is 0. The molecule has 1 aromatic carbocycles. The molecule has 0 saturated heterocycles. The van der Waals surface area contributed by atoms with Gasteiger partial charge in [-0.1, -0.05) is 18.2 Å². The summed E-state index contributed by atoms with van der Waals surface area (Å²) < 4.78 is 5.04. The van der Waals surface area contributed by atoms with Crippen LogP contribution in [0.2, 0.25) is 0 Å². The number of rotatable bonds is 0. The van der Waals surface area contributed by atoms with Gasteiger partial charge in [0.25, 0.3) is 0 Å². The fraction of sp³-hybridized carbons (Fsp3) is 0.182. The lowest BCUT2D eigenvalue weighted by atomic mass is 9.87. The maximum Gasteiger partial charge on any atom is 0.339 e. The van der Waals surface area contributed by atoms with Crippen LogP contribution < -0.4 is 0 Å². The van der Waals surface area contributed by atoms with Gasteiger partial charge < -0.3 is 9.84 Å². The van der Waals surface area contributed by atoms with Crippen molar-refractivity contribution in [2.24, 2.45) is 0 Å². The molecule has 0 fully saturated rings. The molecule has 70 valence electrons. The Morgan fingerprint density at radius 3 is 3.07 bits per heavy atom. The zero-order valence-corrected chi connectivity index (χ0v) is 7.31. The third-order valence-electron chi connectivity index (χ3n) is 2.68. The molecule has 1 heterocycles. The Morgan fingerprint density at radius 2 is 2.21 bits per heavy atom. The Bertz CT molecular complexity index is 448. The SMILES string of the molecule is O=C1O[C@H]2C=Cc3cccc1c3[C@H]2O. The Hall–Kier alpha value is -1.61. The quantitative estimate of drug-likeness (QED) is 0.624. The molecule has 3 heteroatoms. The van der Waals surface area contributed by atoms with Crippen LogP contribution in [0.4, 0.5) is 0 Å². The third-order valence-corrected chi connectivity index (χ3v) is 2.68. The number of ether oxygens (including phenoxy) is 1. The van der Waals surface area contributed by atoms with Crippen molar-refractivity contribution in [1.29, 1.82) is 0 Å². The second-order valence-electron chi connectivity index (χ2n) is 3.48. The summed E-state index contributed by atoms with van der Waals surface area (Å²) in [6, 6.07) is 5.35. The molecule has 3 rings (SSSR count). The van der Waals surface area contributed by atoms with Crippen molar-refractivity contribution >= 4 is 12.0 Å². The number of esters is 1. The number of aliphatic hydroxyl groups excluding tert-OH is 1. The summed E-state index contributed by atoms with van der Waals surface area (Å²) in [5.74, 6) is -0.346. The Labute approximate surface area is 80.6 Å². The molecule has 14 heavy (non-hydrogen) atoms. The van der Waals surface area contributed by atoms with Crippen molar-refractivity contribution in [2.45, 2.75) is 12.2 Å². The molecule has 1 N–H and O–H groups in total. The lowest BCUT2D eigenvalue weighted by Crippen LogP contribution is -2.33. The number of fused-ring (bicyclic) bond motifs is 1. The lowest BCUT2D eigenvalue weighted by Gasteiger charge is -2.31. The second kappa shape index (κ2) is 2.45. The standard InChI is InChI=1S/C11H8O3/c12-10-8-5-4-6-2-1-3-7(9(6)10)11(13)14-8/h1-5,8,10,12H/t8-,10-/m0/s1. The van der Waals surface area contributed by atoms with Crippen LogP contribution in [0.25, 0.3) is 6.08 Å². The van der Waals surface area contributed by atoms with Crippen molar-refractivity contribution in [3.8, 4) is 0 Å². The minimum absolute atomic E-state index is 0.346. The second-order valence-corrected chi connectivity index (χ2v) is 3.48. The summed E-state index contributed by atoms with van der Waals surface area (Å²) >= 11 is 0. The smallest absolute Gasteiger partial charge is 0.339 e. The minimum Gasteiger partial charge on any atom is -0.451 e. The molecule has 0 saturated carbocycles. The van der Waals surface area contributed by atoms with Gasteiger partial charge in [-0.3, -0.25) is 0 Å². The van der Waals surface area contributed by atoms with Crippen LogP contribution in [0.15, 0.2) is 24.3 Å². The first-order chi connectivity index (χ1) is 6.77. The molecule has 1 aliphatic carbocycles. The fourth-order valence-electron chi connectivity index (χ4n) is 2.00. The highest BCUT2D eigenvalue weighted by atomic mass is 16.6. The van der Waals surface area contributed by atoms with E-state index in [1.165, 1.54) is 0 Å². The van der Waals surface area contributed by atoms with Gasteiger partial charge in [-0.15, -0.1) is 0 Å². The maximum atomic E-state index is 11.5. The molecule has 2 aliphatic rings. The van der Waals surface area contributed by atoms with Gasteiger partial charge in [0.1, 0.15) is 6.10 Å². The van der Waals surface area contributed by atoms with E-state index in [1.54, 1.807) is 18.2 Å². The molecule has 1 aromatic rings. The highest BCUT2D eigenvalue weighted by Crippen LogP contribution is 2.36. The largest absolute Gasteiger partial charge is 0.451 e. The van der Waals surface area contributed by atoms with Gasteiger partial charge in [0, 0.05) is 5.56 Å². The first-order valence-corrected chi connectivity index (χ1v) is 4.47. The summed E-state index contributed by atoms with van der Waals surface area (Å²) in [5, 5.41) is 9.85. The molecule has 0 spiro atoms. The van der Waals surface area contributed by atoms with Crippen LogP contribution in [0.1, 0.15) is 27.6 Å². The van der Waals surface area contributed by atoms with Crippen LogP contribution >= 0.6 is 0 Å². The summed E-state index contributed by atoms with van der Waals surface area (Å²) in [7, 11) is 0. The van der Waals surface area contributed by atoms with Crippen LogP contribution in [0.3, 0.4) is 0 Å². The highest BCUT2D eigenvalue weighted by molar-refractivity contribution is 5.94. The predicted molar refractivity (Wildman–Crippen MR) is 49.6 cm³/mol. The van der Waals surface area contributed by atoms with E-state index in [4.69, 9.17) is 4.74 Å². The van der Waals surface area contributed by atoms with Crippen molar-refractivity contribution in [2.75, 3.05) is 0 Å².